The molecule has 1 aliphatic carbocycles. The summed E-state index contributed by atoms with van der Waals surface area (Å²) in [4.78, 5) is 24.8. The van der Waals surface area contributed by atoms with E-state index in [4.69, 9.17) is 0 Å². The van der Waals surface area contributed by atoms with Gasteiger partial charge in [-0.3, -0.25) is 19.7 Å². The van der Waals surface area contributed by atoms with Gasteiger partial charge in [0.15, 0.2) is 5.78 Å². The maximum absolute atomic E-state index is 12.4. The molecule has 0 amide bonds. The van der Waals surface area contributed by atoms with E-state index < -0.39 is 0 Å². The number of aromatic nitrogens is 3. The van der Waals surface area contributed by atoms with Gasteiger partial charge in [0.25, 0.3) is 0 Å². The van der Waals surface area contributed by atoms with Gasteiger partial charge in [-0.25, -0.2) is 0 Å². The standard InChI is InChI=1S/C16H9N3O/c20-16-13-7-11(10-1-4-17-5-2-10)8-19-15(13)12-3-6-18-9-14(12)16/h1-9H. The maximum atomic E-state index is 12.4. The number of hydrogen-bond donors (Lipinski definition) is 0. The zero-order valence-corrected chi connectivity index (χ0v) is 10.4. The third-order valence-corrected chi connectivity index (χ3v) is 3.47. The van der Waals surface area contributed by atoms with E-state index in [1.165, 1.54) is 0 Å². The van der Waals surface area contributed by atoms with Gasteiger partial charge in [-0.05, 0) is 29.8 Å². The molecule has 0 bridgehead atoms. The van der Waals surface area contributed by atoms with E-state index in [0.29, 0.717) is 11.1 Å². The van der Waals surface area contributed by atoms with Crippen LogP contribution < -0.4 is 0 Å². The third-order valence-electron chi connectivity index (χ3n) is 3.47. The Hall–Kier alpha value is -2.88. The first kappa shape index (κ1) is 11.0. The van der Waals surface area contributed by atoms with Crippen LogP contribution in [-0.2, 0) is 0 Å². The SMILES string of the molecule is O=C1c2cnccc2-c2ncc(-c3ccncc3)cc21. The summed E-state index contributed by atoms with van der Waals surface area (Å²) < 4.78 is 0. The van der Waals surface area contributed by atoms with Crippen molar-refractivity contribution in [2.24, 2.45) is 0 Å². The molecule has 0 atom stereocenters. The molecular weight excluding hydrogens is 250 g/mol. The molecule has 0 N–H and O–H groups in total. The first-order valence-corrected chi connectivity index (χ1v) is 6.24. The van der Waals surface area contributed by atoms with Crippen molar-refractivity contribution in [1.29, 1.82) is 0 Å². The molecule has 20 heavy (non-hydrogen) atoms. The number of carbonyl (C=O) groups is 1. The minimum atomic E-state index is -0.00786. The van der Waals surface area contributed by atoms with Gasteiger partial charge in [0.05, 0.1) is 11.3 Å². The van der Waals surface area contributed by atoms with Crippen LogP contribution in [-0.4, -0.2) is 20.7 Å². The Morgan fingerprint density at radius 1 is 0.750 bits per heavy atom. The summed E-state index contributed by atoms with van der Waals surface area (Å²) in [6, 6.07) is 7.52. The van der Waals surface area contributed by atoms with Gasteiger partial charge in [0.2, 0.25) is 0 Å². The molecule has 0 aliphatic heterocycles. The van der Waals surface area contributed by atoms with Crippen molar-refractivity contribution in [1.82, 2.24) is 15.0 Å². The molecule has 0 spiro atoms. The average Bonchev–Trinajstić information content (AvgIpc) is 2.81. The predicted octanol–water partition coefficient (Wildman–Crippen LogP) is 2.75. The first-order chi connectivity index (χ1) is 9.84. The summed E-state index contributed by atoms with van der Waals surface area (Å²) in [6.07, 6.45) is 8.52. The normalized spacial score (nSPS) is 12.1. The molecule has 4 heteroatoms. The number of nitrogens with zero attached hydrogens (tertiary/aromatic N) is 3. The van der Waals surface area contributed by atoms with Crippen LogP contribution in [0.5, 0.6) is 0 Å². The second-order valence-corrected chi connectivity index (χ2v) is 4.61. The quantitative estimate of drug-likeness (QED) is 0.527. The van der Waals surface area contributed by atoms with Gasteiger partial charge in [-0.1, -0.05) is 0 Å². The van der Waals surface area contributed by atoms with Crippen LogP contribution in [0.15, 0.2) is 55.2 Å². The summed E-state index contributed by atoms with van der Waals surface area (Å²) in [5, 5.41) is 0. The summed E-state index contributed by atoms with van der Waals surface area (Å²) in [5.41, 5.74) is 4.79. The first-order valence-electron chi connectivity index (χ1n) is 6.24. The van der Waals surface area contributed by atoms with E-state index in [-0.39, 0.29) is 5.78 Å². The summed E-state index contributed by atoms with van der Waals surface area (Å²) in [7, 11) is 0. The zero-order chi connectivity index (χ0) is 13.5. The molecule has 4 rings (SSSR count). The second-order valence-electron chi connectivity index (χ2n) is 4.61. The lowest BCUT2D eigenvalue weighted by atomic mass is 10.1. The molecule has 0 fully saturated rings. The molecule has 1 aliphatic rings. The highest BCUT2D eigenvalue weighted by molar-refractivity contribution is 6.21. The molecule has 4 nitrogen and oxygen atoms in total. The lowest BCUT2D eigenvalue weighted by molar-refractivity contribution is 0.104. The Bertz CT molecular complexity index is 828. The fraction of sp³-hybridized carbons (Fsp3) is 0. The van der Waals surface area contributed by atoms with Crippen molar-refractivity contribution in [2.75, 3.05) is 0 Å². The van der Waals surface area contributed by atoms with Crippen molar-refractivity contribution in [3.8, 4) is 22.4 Å². The lowest BCUT2D eigenvalue weighted by Gasteiger charge is -2.03. The van der Waals surface area contributed by atoms with Crippen LogP contribution in [0.3, 0.4) is 0 Å². The Morgan fingerprint density at radius 2 is 1.55 bits per heavy atom. The van der Waals surface area contributed by atoms with Crippen molar-refractivity contribution >= 4 is 5.78 Å². The number of ketones is 1. The van der Waals surface area contributed by atoms with Gasteiger partial charge in [-0.2, -0.15) is 0 Å². The van der Waals surface area contributed by atoms with E-state index in [0.717, 1.165) is 22.4 Å². The van der Waals surface area contributed by atoms with Crippen LogP contribution in [0.25, 0.3) is 22.4 Å². The summed E-state index contributed by atoms with van der Waals surface area (Å²) in [6.45, 7) is 0. The molecule has 0 aromatic carbocycles. The predicted molar refractivity (Wildman–Crippen MR) is 74.1 cm³/mol. The third kappa shape index (κ3) is 1.48. The van der Waals surface area contributed by atoms with Gasteiger partial charge in [-0.15, -0.1) is 0 Å². The van der Waals surface area contributed by atoms with Crippen molar-refractivity contribution < 1.29 is 4.79 Å². The minimum Gasteiger partial charge on any atom is -0.288 e. The second kappa shape index (κ2) is 4.06. The summed E-state index contributed by atoms with van der Waals surface area (Å²) in [5.74, 6) is -0.00786. The van der Waals surface area contributed by atoms with E-state index >= 15 is 0 Å². The Kier molecular flexibility index (Phi) is 2.23. The van der Waals surface area contributed by atoms with Crippen LogP contribution in [0.2, 0.25) is 0 Å². The van der Waals surface area contributed by atoms with Gasteiger partial charge in [0.1, 0.15) is 0 Å². The van der Waals surface area contributed by atoms with E-state index in [2.05, 4.69) is 15.0 Å². The van der Waals surface area contributed by atoms with E-state index in [1.807, 2.05) is 24.3 Å². The van der Waals surface area contributed by atoms with Crippen LogP contribution in [0.4, 0.5) is 0 Å². The number of hydrogen-bond acceptors (Lipinski definition) is 4. The molecule has 3 aromatic heterocycles. The monoisotopic (exact) mass is 259 g/mol. The molecule has 3 aromatic rings. The Labute approximate surface area is 115 Å². The topological polar surface area (TPSA) is 55.7 Å². The van der Waals surface area contributed by atoms with E-state index in [1.54, 1.807) is 31.0 Å². The van der Waals surface area contributed by atoms with Crippen molar-refractivity contribution in [2.45, 2.75) is 0 Å². The number of fused-ring (bicyclic) bond motifs is 3. The smallest absolute Gasteiger partial charge is 0.197 e. The van der Waals surface area contributed by atoms with Gasteiger partial charge < -0.3 is 0 Å². The Balaban J connectivity index is 1.91. The fourth-order valence-corrected chi connectivity index (χ4v) is 2.48. The van der Waals surface area contributed by atoms with Crippen LogP contribution in [0, 0.1) is 0 Å². The molecule has 0 unspecified atom stereocenters. The fourth-order valence-electron chi connectivity index (χ4n) is 2.48. The number of pyridine rings is 3. The molecule has 3 heterocycles. The lowest BCUT2D eigenvalue weighted by Crippen LogP contribution is -1.96. The largest absolute Gasteiger partial charge is 0.288 e. The van der Waals surface area contributed by atoms with Gasteiger partial charge in [0, 0.05) is 47.7 Å². The highest BCUT2D eigenvalue weighted by Crippen LogP contribution is 2.35. The number of rotatable bonds is 1. The molecule has 0 saturated carbocycles. The zero-order valence-electron chi connectivity index (χ0n) is 10.4. The van der Waals surface area contributed by atoms with Crippen molar-refractivity contribution in [3.63, 3.8) is 0 Å². The maximum Gasteiger partial charge on any atom is 0.197 e. The minimum absolute atomic E-state index is 0.00786. The molecule has 94 valence electrons. The highest BCUT2D eigenvalue weighted by Gasteiger charge is 2.28. The average molecular weight is 259 g/mol. The number of carbonyl (C=O) groups excluding carboxylic acids is 1. The van der Waals surface area contributed by atoms with Crippen LogP contribution in [0.1, 0.15) is 15.9 Å². The molecular formula is C16H9N3O. The molecule has 0 radical (unpaired) electrons. The van der Waals surface area contributed by atoms with Crippen LogP contribution >= 0.6 is 0 Å². The summed E-state index contributed by atoms with van der Waals surface area (Å²) >= 11 is 0. The molecule has 0 saturated heterocycles. The van der Waals surface area contributed by atoms with Gasteiger partial charge >= 0.3 is 0 Å². The van der Waals surface area contributed by atoms with Crippen molar-refractivity contribution in [3.05, 3.63) is 66.4 Å². The van der Waals surface area contributed by atoms with E-state index in [9.17, 15) is 4.79 Å². The highest BCUT2D eigenvalue weighted by atomic mass is 16.1. The Morgan fingerprint density at radius 3 is 2.40 bits per heavy atom.